The van der Waals surface area contributed by atoms with Crippen LogP contribution in [0.15, 0.2) is 65.2 Å². The fraction of sp³-hybridized carbons (Fsp3) is 0.0625. The molecule has 0 unspecified atom stereocenters. The van der Waals surface area contributed by atoms with Crippen LogP contribution in [0.5, 0.6) is 0 Å². The quantitative estimate of drug-likeness (QED) is 0.775. The first-order chi connectivity index (χ1) is 9.40. The van der Waals surface area contributed by atoms with Crippen LogP contribution in [-0.4, -0.2) is 10.3 Å². The maximum atomic E-state index is 9.61. The molecule has 0 aliphatic rings. The van der Waals surface area contributed by atoms with Gasteiger partial charge in [-0.1, -0.05) is 65.8 Å². The zero-order chi connectivity index (χ0) is 13.1. The Labute approximate surface area is 111 Å². The van der Waals surface area contributed by atoms with E-state index in [0.717, 1.165) is 16.7 Å². The van der Waals surface area contributed by atoms with Gasteiger partial charge in [0.05, 0.1) is 12.2 Å². The molecule has 0 bridgehead atoms. The van der Waals surface area contributed by atoms with Gasteiger partial charge in [-0.15, -0.1) is 0 Å². The molecule has 1 N–H and O–H groups in total. The molecule has 3 nitrogen and oxygen atoms in total. The Morgan fingerprint density at radius 1 is 0.842 bits per heavy atom. The largest absolute Gasteiger partial charge is 0.391 e. The molecule has 2 aromatic carbocycles. The van der Waals surface area contributed by atoms with E-state index in [0.29, 0.717) is 11.5 Å². The van der Waals surface area contributed by atoms with E-state index in [1.165, 1.54) is 0 Å². The van der Waals surface area contributed by atoms with Crippen molar-refractivity contribution in [3.63, 3.8) is 0 Å². The molecule has 0 radical (unpaired) electrons. The van der Waals surface area contributed by atoms with Crippen LogP contribution in [0.25, 0.3) is 22.6 Å². The van der Waals surface area contributed by atoms with Crippen LogP contribution in [0.1, 0.15) is 5.56 Å². The summed E-state index contributed by atoms with van der Waals surface area (Å²) >= 11 is 0. The summed E-state index contributed by atoms with van der Waals surface area (Å²) in [5, 5.41) is 13.7. The van der Waals surface area contributed by atoms with E-state index in [9.17, 15) is 5.11 Å². The molecule has 1 heterocycles. The van der Waals surface area contributed by atoms with Crippen molar-refractivity contribution in [2.45, 2.75) is 6.61 Å². The molecular formula is C16H13NO2. The molecule has 0 fully saturated rings. The predicted molar refractivity (Wildman–Crippen MR) is 73.3 cm³/mol. The van der Waals surface area contributed by atoms with Crippen LogP contribution < -0.4 is 0 Å². The second-order valence-corrected chi connectivity index (χ2v) is 4.23. The van der Waals surface area contributed by atoms with Crippen molar-refractivity contribution in [2.24, 2.45) is 0 Å². The van der Waals surface area contributed by atoms with E-state index >= 15 is 0 Å². The van der Waals surface area contributed by atoms with Gasteiger partial charge < -0.3 is 9.63 Å². The van der Waals surface area contributed by atoms with Gasteiger partial charge in [0.1, 0.15) is 5.69 Å². The van der Waals surface area contributed by atoms with Crippen LogP contribution in [0.2, 0.25) is 0 Å². The smallest absolute Gasteiger partial charge is 0.173 e. The van der Waals surface area contributed by atoms with Gasteiger partial charge in [0.2, 0.25) is 0 Å². The molecule has 0 aliphatic carbocycles. The number of aliphatic hydroxyl groups is 1. The van der Waals surface area contributed by atoms with Crippen molar-refractivity contribution in [3.8, 4) is 22.6 Å². The number of aromatic nitrogens is 1. The summed E-state index contributed by atoms with van der Waals surface area (Å²) in [5.41, 5.74) is 3.28. The summed E-state index contributed by atoms with van der Waals surface area (Å²) in [5.74, 6) is 0.627. The molecule has 3 aromatic rings. The Bertz CT molecular complexity index is 603. The highest BCUT2D eigenvalue weighted by Gasteiger charge is 2.17. The number of aliphatic hydroxyl groups excluding tert-OH is 1. The molecule has 0 aliphatic heterocycles. The van der Waals surface area contributed by atoms with Crippen molar-refractivity contribution in [3.05, 3.63) is 66.2 Å². The van der Waals surface area contributed by atoms with Crippen LogP contribution in [-0.2, 0) is 6.61 Å². The SMILES string of the molecule is OCc1c(-c2ccccc2)noc1-c1ccccc1. The Morgan fingerprint density at radius 2 is 1.42 bits per heavy atom. The third-order valence-corrected chi connectivity index (χ3v) is 3.03. The normalized spacial score (nSPS) is 10.6. The molecule has 0 spiro atoms. The number of hydrogen-bond acceptors (Lipinski definition) is 3. The van der Waals surface area contributed by atoms with Crippen molar-refractivity contribution in [2.75, 3.05) is 0 Å². The second kappa shape index (κ2) is 5.08. The predicted octanol–water partition coefficient (Wildman–Crippen LogP) is 3.50. The molecular weight excluding hydrogens is 238 g/mol. The van der Waals surface area contributed by atoms with Crippen LogP contribution in [0.3, 0.4) is 0 Å². The van der Waals surface area contributed by atoms with Gasteiger partial charge in [-0.25, -0.2) is 0 Å². The van der Waals surface area contributed by atoms with Gasteiger partial charge in [-0.3, -0.25) is 0 Å². The first-order valence-corrected chi connectivity index (χ1v) is 6.10. The summed E-state index contributed by atoms with van der Waals surface area (Å²) in [6.45, 7) is -0.0993. The van der Waals surface area contributed by atoms with Gasteiger partial charge >= 0.3 is 0 Å². The van der Waals surface area contributed by atoms with Crippen molar-refractivity contribution < 1.29 is 9.63 Å². The zero-order valence-corrected chi connectivity index (χ0v) is 10.3. The molecule has 0 amide bonds. The number of hydrogen-bond donors (Lipinski definition) is 1. The highest BCUT2D eigenvalue weighted by Crippen LogP contribution is 2.31. The van der Waals surface area contributed by atoms with E-state index in [-0.39, 0.29) is 6.61 Å². The Hall–Kier alpha value is -2.39. The van der Waals surface area contributed by atoms with Gasteiger partial charge in [0.15, 0.2) is 5.76 Å². The standard InChI is InChI=1S/C16H13NO2/c18-11-14-15(12-7-3-1-4-8-12)17-19-16(14)13-9-5-2-6-10-13/h1-10,18H,11H2. The fourth-order valence-electron chi connectivity index (χ4n) is 2.10. The summed E-state index contributed by atoms with van der Waals surface area (Å²) in [6.07, 6.45) is 0. The van der Waals surface area contributed by atoms with Crippen LogP contribution in [0, 0.1) is 0 Å². The molecule has 0 atom stereocenters. The minimum atomic E-state index is -0.0993. The summed E-state index contributed by atoms with van der Waals surface area (Å²) in [7, 11) is 0. The maximum Gasteiger partial charge on any atom is 0.173 e. The zero-order valence-electron chi connectivity index (χ0n) is 10.3. The Morgan fingerprint density at radius 3 is 2.00 bits per heavy atom. The lowest BCUT2D eigenvalue weighted by molar-refractivity contribution is 0.281. The molecule has 19 heavy (non-hydrogen) atoms. The Balaban J connectivity index is 2.13. The summed E-state index contributed by atoms with van der Waals surface area (Å²) in [4.78, 5) is 0. The van der Waals surface area contributed by atoms with E-state index in [2.05, 4.69) is 5.16 Å². The highest BCUT2D eigenvalue weighted by atomic mass is 16.5. The molecule has 3 rings (SSSR count). The van der Waals surface area contributed by atoms with E-state index < -0.39 is 0 Å². The first kappa shape index (κ1) is 11.7. The minimum Gasteiger partial charge on any atom is -0.391 e. The van der Waals surface area contributed by atoms with E-state index in [4.69, 9.17) is 4.52 Å². The summed E-state index contributed by atoms with van der Waals surface area (Å²) < 4.78 is 5.42. The van der Waals surface area contributed by atoms with Gasteiger partial charge in [0.25, 0.3) is 0 Å². The van der Waals surface area contributed by atoms with Crippen molar-refractivity contribution in [1.82, 2.24) is 5.16 Å². The lowest BCUT2D eigenvalue weighted by Gasteiger charge is -2.00. The van der Waals surface area contributed by atoms with Crippen molar-refractivity contribution in [1.29, 1.82) is 0 Å². The van der Waals surface area contributed by atoms with Crippen LogP contribution in [0.4, 0.5) is 0 Å². The highest BCUT2D eigenvalue weighted by molar-refractivity contribution is 5.72. The number of rotatable bonds is 3. The Kier molecular flexibility index (Phi) is 3.12. The molecule has 94 valence electrons. The molecule has 0 saturated carbocycles. The van der Waals surface area contributed by atoms with E-state index in [1.54, 1.807) is 0 Å². The average Bonchev–Trinajstić information content (AvgIpc) is 2.93. The molecule has 3 heteroatoms. The molecule has 0 saturated heterocycles. The van der Waals surface area contributed by atoms with Crippen molar-refractivity contribution >= 4 is 0 Å². The number of benzene rings is 2. The van der Waals surface area contributed by atoms with E-state index in [1.807, 2.05) is 60.7 Å². The summed E-state index contributed by atoms with van der Waals surface area (Å²) in [6, 6.07) is 19.4. The maximum absolute atomic E-state index is 9.61. The topological polar surface area (TPSA) is 46.3 Å². The molecule has 1 aromatic heterocycles. The first-order valence-electron chi connectivity index (χ1n) is 6.10. The van der Waals surface area contributed by atoms with Gasteiger partial charge in [-0.2, -0.15) is 0 Å². The van der Waals surface area contributed by atoms with Gasteiger partial charge in [-0.05, 0) is 0 Å². The number of nitrogens with zero attached hydrogens (tertiary/aromatic N) is 1. The minimum absolute atomic E-state index is 0.0993. The third kappa shape index (κ3) is 2.16. The lowest BCUT2D eigenvalue weighted by Crippen LogP contribution is -1.88. The lowest BCUT2D eigenvalue weighted by atomic mass is 10.0. The fourth-order valence-corrected chi connectivity index (χ4v) is 2.10. The second-order valence-electron chi connectivity index (χ2n) is 4.23. The van der Waals surface area contributed by atoms with Crippen LogP contribution >= 0.6 is 0 Å². The third-order valence-electron chi connectivity index (χ3n) is 3.03. The monoisotopic (exact) mass is 251 g/mol. The average molecular weight is 251 g/mol. The van der Waals surface area contributed by atoms with Gasteiger partial charge in [0, 0.05) is 11.1 Å².